The number of halogens is 1. The molecule has 0 aliphatic carbocycles. The Kier molecular flexibility index (Phi) is 3.51. The number of rotatable bonds is 3. The van der Waals surface area contributed by atoms with Gasteiger partial charge in [-0.15, -0.1) is 0 Å². The van der Waals surface area contributed by atoms with E-state index in [4.69, 9.17) is 0 Å². The minimum absolute atomic E-state index is 0.0486. The van der Waals surface area contributed by atoms with Crippen molar-refractivity contribution in [1.29, 1.82) is 0 Å². The second-order valence-electron chi connectivity index (χ2n) is 4.88. The zero-order valence-corrected chi connectivity index (χ0v) is 10.2. The average Bonchev–Trinajstić information content (AvgIpc) is 2.57. The van der Waals surface area contributed by atoms with E-state index in [9.17, 15) is 12.8 Å². The molecule has 2 aliphatic rings. The number of alkyl halides is 1. The molecular weight excluding hydrogens is 231 g/mol. The summed E-state index contributed by atoms with van der Waals surface area (Å²) in [6, 6.07) is -0.0486. The molecule has 1 unspecified atom stereocenters. The van der Waals surface area contributed by atoms with Gasteiger partial charge in [0.05, 0.1) is 11.5 Å². The number of hydrogen-bond acceptors (Lipinski definition) is 4. The van der Waals surface area contributed by atoms with Gasteiger partial charge in [0.2, 0.25) is 0 Å². The van der Waals surface area contributed by atoms with Crippen LogP contribution in [-0.4, -0.2) is 51.3 Å². The summed E-state index contributed by atoms with van der Waals surface area (Å²) < 4.78 is 36.6. The number of sulfone groups is 1. The third-order valence-electron chi connectivity index (χ3n) is 3.44. The maximum Gasteiger partial charge on any atom is 0.151 e. The molecule has 0 saturated carbocycles. The zero-order valence-electron chi connectivity index (χ0n) is 9.34. The summed E-state index contributed by atoms with van der Waals surface area (Å²) in [4.78, 5) is 0. The summed E-state index contributed by atoms with van der Waals surface area (Å²) >= 11 is 0. The van der Waals surface area contributed by atoms with E-state index >= 15 is 0 Å². The van der Waals surface area contributed by atoms with Crippen LogP contribution in [0.15, 0.2) is 0 Å². The first-order valence-electron chi connectivity index (χ1n) is 5.83. The fourth-order valence-electron chi connectivity index (χ4n) is 2.33. The van der Waals surface area contributed by atoms with Gasteiger partial charge in [0.25, 0.3) is 0 Å². The summed E-state index contributed by atoms with van der Waals surface area (Å²) in [7, 11) is -2.87. The Bertz CT molecular complexity index is 339. The van der Waals surface area contributed by atoms with Crippen molar-refractivity contribution >= 4 is 9.84 Å². The molecule has 94 valence electrons. The van der Waals surface area contributed by atoms with Crippen LogP contribution in [-0.2, 0) is 9.84 Å². The Morgan fingerprint density at radius 3 is 2.62 bits per heavy atom. The average molecular weight is 250 g/mol. The Balaban J connectivity index is 1.79. The van der Waals surface area contributed by atoms with Crippen LogP contribution in [0.1, 0.15) is 19.3 Å². The largest absolute Gasteiger partial charge is 0.316 e. The van der Waals surface area contributed by atoms with Crippen LogP contribution < -0.4 is 10.6 Å². The van der Waals surface area contributed by atoms with Crippen molar-refractivity contribution in [2.24, 2.45) is 0 Å². The van der Waals surface area contributed by atoms with Crippen molar-refractivity contribution in [1.82, 2.24) is 10.6 Å². The van der Waals surface area contributed by atoms with Gasteiger partial charge in [0, 0.05) is 12.6 Å². The smallest absolute Gasteiger partial charge is 0.151 e. The minimum Gasteiger partial charge on any atom is -0.316 e. The topological polar surface area (TPSA) is 58.2 Å². The molecule has 2 heterocycles. The van der Waals surface area contributed by atoms with Crippen LogP contribution in [0.5, 0.6) is 0 Å². The Morgan fingerprint density at radius 2 is 2.06 bits per heavy atom. The fraction of sp³-hybridized carbons (Fsp3) is 1.00. The lowest BCUT2D eigenvalue weighted by atomic mass is 9.94. The van der Waals surface area contributed by atoms with Crippen LogP contribution in [0.3, 0.4) is 0 Å². The van der Waals surface area contributed by atoms with Gasteiger partial charge in [-0.25, -0.2) is 12.8 Å². The van der Waals surface area contributed by atoms with Crippen LogP contribution in [0.4, 0.5) is 4.39 Å². The van der Waals surface area contributed by atoms with Gasteiger partial charge in [-0.05, 0) is 32.4 Å². The van der Waals surface area contributed by atoms with Crippen molar-refractivity contribution in [3.8, 4) is 0 Å². The molecule has 16 heavy (non-hydrogen) atoms. The molecule has 2 fully saturated rings. The van der Waals surface area contributed by atoms with Crippen molar-refractivity contribution in [2.45, 2.75) is 31.0 Å². The molecule has 1 atom stereocenters. The van der Waals surface area contributed by atoms with Gasteiger partial charge < -0.3 is 10.6 Å². The molecule has 0 aromatic heterocycles. The first kappa shape index (κ1) is 12.3. The highest BCUT2D eigenvalue weighted by Crippen LogP contribution is 2.23. The van der Waals surface area contributed by atoms with Crippen LogP contribution in [0.25, 0.3) is 0 Å². The number of piperidine rings is 1. The van der Waals surface area contributed by atoms with Gasteiger partial charge in [-0.3, -0.25) is 0 Å². The molecule has 4 nitrogen and oxygen atoms in total. The predicted molar refractivity (Wildman–Crippen MR) is 61.0 cm³/mol. The van der Waals surface area contributed by atoms with E-state index in [-0.39, 0.29) is 24.1 Å². The third kappa shape index (κ3) is 3.15. The van der Waals surface area contributed by atoms with E-state index in [1.165, 1.54) is 0 Å². The van der Waals surface area contributed by atoms with E-state index in [1.54, 1.807) is 0 Å². The van der Waals surface area contributed by atoms with Crippen molar-refractivity contribution in [2.75, 3.05) is 31.1 Å². The molecule has 0 aromatic rings. The molecule has 0 amide bonds. The molecule has 0 spiro atoms. The zero-order chi connectivity index (χ0) is 11.6. The molecule has 2 aliphatic heterocycles. The second-order valence-corrected chi connectivity index (χ2v) is 7.11. The van der Waals surface area contributed by atoms with Gasteiger partial charge in [0.1, 0.15) is 5.67 Å². The molecule has 6 heteroatoms. The minimum atomic E-state index is -2.87. The van der Waals surface area contributed by atoms with Crippen molar-refractivity contribution in [3.05, 3.63) is 0 Å². The highest BCUT2D eigenvalue weighted by Gasteiger charge is 2.34. The molecule has 0 bridgehead atoms. The van der Waals surface area contributed by atoms with Crippen LogP contribution in [0, 0.1) is 0 Å². The second kappa shape index (κ2) is 4.58. The normalized spacial score (nSPS) is 32.7. The first-order valence-corrected chi connectivity index (χ1v) is 7.65. The van der Waals surface area contributed by atoms with Gasteiger partial charge in [-0.1, -0.05) is 0 Å². The van der Waals surface area contributed by atoms with E-state index in [0.29, 0.717) is 32.4 Å². The molecule has 2 saturated heterocycles. The molecule has 0 radical (unpaired) electrons. The number of nitrogens with one attached hydrogen (secondary N) is 2. The Hall–Kier alpha value is -0.200. The first-order chi connectivity index (χ1) is 7.49. The fourth-order valence-corrected chi connectivity index (χ4v) is 4.04. The third-order valence-corrected chi connectivity index (χ3v) is 5.21. The van der Waals surface area contributed by atoms with Crippen molar-refractivity contribution < 1.29 is 12.8 Å². The summed E-state index contributed by atoms with van der Waals surface area (Å²) in [5.74, 6) is 0.410. The van der Waals surface area contributed by atoms with E-state index in [1.807, 2.05) is 0 Å². The standard InChI is InChI=1S/C10H19FN2O2S/c11-10(2-4-12-5-3-10)8-13-9-1-6-16(14,15)7-9/h9,12-13H,1-8H2. The molecule has 2 rings (SSSR count). The maximum atomic E-state index is 14.2. The van der Waals surface area contributed by atoms with Gasteiger partial charge in [-0.2, -0.15) is 0 Å². The van der Waals surface area contributed by atoms with Crippen LogP contribution in [0.2, 0.25) is 0 Å². The molecular formula is C10H19FN2O2S. The van der Waals surface area contributed by atoms with E-state index in [2.05, 4.69) is 10.6 Å². The Morgan fingerprint density at radius 1 is 1.38 bits per heavy atom. The summed E-state index contributed by atoms with van der Waals surface area (Å²) in [5, 5.41) is 6.18. The summed E-state index contributed by atoms with van der Waals surface area (Å²) in [6.07, 6.45) is 1.65. The lowest BCUT2D eigenvalue weighted by molar-refractivity contribution is 0.111. The SMILES string of the molecule is O=S1(=O)CCC(NCC2(F)CCNCC2)C1. The molecule has 2 N–H and O–H groups in total. The predicted octanol–water partition coefficient (Wildman–Crippen LogP) is -0.145. The maximum absolute atomic E-state index is 14.2. The summed E-state index contributed by atoms with van der Waals surface area (Å²) in [5.41, 5.74) is -1.16. The van der Waals surface area contributed by atoms with Gasteiger partial charge in [0.15, 0.2) is 9.84 Å². The lowest BCUT2D eigenvalue weighted by Crippen LogP contribution is -2.48. The lowest BCUT2D eigenvalue weighted by Gasteiger charge is -2.31. The molecule has 0 aromatic carbocycles. The Labute approximate surface area is 95.9 Å². The quantitative estimate of drug-likeness (QED) is 0.732. The highest BCUT2D eigenvalue weighted by atomic mass is 32.2. The van der Waals surface area contributed by atoms with E-state index < -0.39 is 15.5 Å². The van der Waals surface area contributed by atoms with E-state index in [0.717, 1.165) is 0 Å². The van der Waals surface area contributed by atoms with Crippen LogP contribution >= 0.6 is 0 Å². The number of hydrogen-bond donors (Lipinski definition) is 2. The van der Waals surface area contributed by atoms with Crippen molar-refractivity contribution in [3.63, 3.8) is 0 Å². The highest BCUT2D eigenvalue weighted by molar-refractivity contribution is 7.91. The summed E-state index contributed by atoms with van der Waals surface area (Å²) in [6.45, 7) is 1.71. The monoisotopic (exact) mass is 250 g/mol. The van der Waals surface area contributed by atoms with Gasteiger partial charge >= 0.3 is 0 Å².